The van der Waals surface area contributed by atoms with E-state index < -0.39 is 0 Å². The van der Waals surface area contributed by atoms with Gasteiger partial charge in [0.2, 0.25) is 0 Å². The summed E-state index contributed by atoms with van der Waals surface area (Å²) in [6, 6.07) is 6.98. The van der Waals surface area contributed by atoms with Gasteiger partial charge >= 0.3 is 0 Å². The van der Waals surface area contributed by atoms with Crippen LogP contribution in [0.1, 0.15) is 32.2 Å². The van der Waals surface area contributed by atoms with Crippen LogP contribution in [0.15, 0.2) is 18.2 Å². The molecule has 0 spiro atoms. The van der Waals surface area contributed by atoms with Crippen LogP contribution in [0.25, 0.3) is 11.0 Å². The summed E-state index contributed by atoms with van der Waals surface area (Å²) in [6.07, 6.45) is 4.06. The van der Waals surface area contributed by atoms with Gasteiger partial charge in [0.1, 0.15) is 0 Å². The molecule has 17 heavy (non-hydrogen) atoms. The first-order valence-corrected chi connectivity index (χ1v) is 7.53. The second-order valence-electron chi connectivity index (χ2n) is 4.99. The van der Waals surface area contributed by atoms with Gasteiger partial charge in [-0.1, -0.05) is 12.8 Å². The number of fused-ring (bicyclic) bond motifs is 1. The number of nitrogens with one attached hydrogen (secondary N) is 1. The molecule has 1 N–H and O–H groups in total. The molecule has 1 aliphatic rings. The van der Waals surface area contributed by atoms with Gasteiger partial charge in [-0.05, 0) is 72.3 Å². The lowest BCUT2D eigenvalue weighted by atomic mass is 10.1. The monoisotopic (exact) mass is 358 g/mol. The normalized spacial score (nSPS) is 17.5. The van der Waals surface area contributed by atoms with Crippen molar-refractivity contribution in [2.45, 2.75) is 32.2 Å². The van der Waals surface area contributed by atoms with Crippen LogP contribution in [0.4, 0.5) is 0 Å². The van der Waals surface area contributed by atoms with Crippen molar-refractivity contribution in [2.75, 3.05) is 0 Å². The Bertz CT molecular complexity index is 609. The van der Waals surface area contributed by atoms with Crippen LogP contribution < -0.4 is 0 Å². The first kappa shape index (κ1) is 11.7. The van der Waals surface area contributed by atoms with E-state index in [1.807, 2.05) is 0 Å². The van der Waals surface area contributed by atoms with Gasteiger partial charge < -0.3 is 9.55 Å². The second kappa shape index (κ2) is 4.39. The first-order chi connectivity index (χ1) is 8.15. The van der Waals surface area contributed by atoms with Gasteiger partial charge in [0, 0.05) is 9.61 Å². The molecule has 1 aromatic carbocycles. The molecule has 0 amide bonds. The molecular weight excluding hydrogens is 343 g/mol. The third-order valence-corrected chi connectivity index (χ3v) is 4.46. The van der Waals surface area contributed by atoms with Gasteiger partial charge in [-0.2, -0.15) is 0 Å². The summed E-state index contributed by atoms with van der Waals surface area (Å²) in [5.41, 5.74) is 2.40. The first-order valence-electron chi connectivity index (χ1n) is 6.05. The number of benzene rings is 1. The zero-order valence-electron chi connectivity index (χ0n) is 9.74. The Hall–Kier alpha value is -0.360. The molecule has 4 heteroatoms. The van der Waals surface area contributed by atoms with Gasteiger partial charge in [-0.25, -0.2) is 0 Å². The predicted octanol–water partition coefficient (Wildman–Crippen LogP) is 4.66. The second-order valence-corrected chi connectivity index (χ2v) is 6.62. The van der Waals surface area contributed by atoms with Crippen molar-refractivity contribution in [2.24, 2.45) is 5.92 Å². The highest BCUT2D eigenvalue weighted by atomic mass is 127. The van der Waals surface area contributed by atoms with E-state index >= 15 is 0 Å². The zero-order valence-corrected chi connectivity index (χ0v) is 12.7. The molecular formula is C13H15IN2S. The molecule has 3 rings (SSSR count). The minimum atomic E-state index is 0.504. The van der Waals surface area contributed by atoms with Crippen molar-refractivity contribution < 1.29 is 0 Å². The van der Waals surface area contributed by atoms with E-state index in [4.69, 9.17) is 12.2 Å². The van der Waals surface area contributed by atoms with Gasteiger partial charge in [0.25, 0.3) is 0 Å². The van der Waals surface area contributed by atoms with Crippen LogP contribution in [0.5, 0.6) is 0 Å². The number of H-pyrrole nitrogens is 1. The Labute approximate surface area is 120 Å². The lowest BCUT2D eigenvalue weighted by Crippen LogP contribution is -2.05. The van der Waals surface area contributed by atoms with Crippen LogP contribution in [-0.4, -0.2) is 9.55 Å². The predicted molar refractivity (Wildman–Crippen MR) is 81.9 cm³/mol. The minimum absolute atomic E-state index is 0.504. The molecule has 2 nitrogen and oxygen atoms in total. The molecule has 0 saturated heterocycles. The van der Waals surface area contributed by atoms with Crippen molar-refractivity contribution in [1.82, 2.24) is 9.55 Å². The largest absolute Gasteiger partial charge is 0.331 e. The molecule has 2 aromatic rings. The summed E-state index contributed by atoms with van der Waals surface area (Å²) in [5.74, 6) is 0.931. The number of hydrogen-bond acceptors (Lipinski definition) is 1. The van der Waals surface area contributed by atoms with Crippen LogP contribution in [-0.2, 0) is 0 Å². The summed E-state index contributed by atoms with van der Waals surface area (Å²) in [7, 11) is 0. The maximum Gasteiger partial charge on any atom is 0.178 e. The third-order valence-electron chi connectivity index (χ3n) is 3.49. The molecule has 1 aliphatic carbocycles. The van der Waals surface area contributed by atoms with Crippen LogP contribution in [0.2, 0.25) is 0 Å². The highest BCUT2D eigenvalue weighted by Crippen LogP contribution is 2.37. The summed E-state index contributed by atoms with van der Waals surface area (Å²) in [6.45, 7) is 2.28. The number of rotatable bonds is 3. The van der Waals surface area contributed by atoms with Crippen molar-refractivity contribution in [3.63, 3.8) is 0 Å². The Morgan fingerprint density at radius 3 is 3.00 bits per heavy atom. The molecule has 1 saturated carbocycles. The summed E-state index contributed by atoms with van der Waals surface area (Å²) in [5, 5.41) is 0. The van der Waals surface area contributed by atoms with Gasteiger partial charge in [0.05, 0.1) is 11.0 Å². The lowest BCUT2D eigenvalue weighted by molar-refractivity contribution is 0.483. The third kappa shape index (κ3) is 2.29. The number of aromatic amines is 1. The molecule has 0 aliphatic heterocycles. The zero-order chi connectivity index (χ0) is 12.0. The smallest absolute Gasteiger partial charge is 0.178 e. The lowest BCUT2D eigenvalue weighted by Gasteiger charge is -2.14. The number of nitrogens with zero attached hydrogens (tertiary/aromatic N) is 1. The summed E-state index contributed by atoms with van der Waals surface area (Å²) >= 11 is 7.78. The Kier molecular flexibility index (Phi) is 3.02. The van der Waals surface area contributed by atoms with Crippen molar-refractivity contribution in [3.8, 4) is 0 Å². The van der Waals surface area contributed by atoms with Gasteiger partial charge in [-0.3, -0.25) is 0 Å². The van der Waals surface area contributed by atoms with E-state index in [0.717, 1.165) is 16.2 Å². The Morgan fingerprint density at radius 1 is 1.53 bits per heavy atom. The van der Waals surface area contributed by atoms with E-state index in [9.17, 15) is 0 Å². The maximum absolute atomic E-state index is 5.45. The molecule has 0 radical (unpaired) electrons. The number of imidazole rings is 1. The van der Waals surface area contributed by atoms with Crippen LogP contribution in [0.3, 0.4) is 0 Å². The molecule has 1 heterocycles. The minimum Gasteiger partial charge on any atom is -0.331 e. The average Bonchev–Trinajstić information content (AvgIpc) is 2.99. The fourth-order valence-corrected chi connectivity index (χ4v) is 3.36. The van der Waals surface area contributed by atoms with Crippen LogP contribution >= 0.6 is 34.8 Å². The van der Waals surface area contributed by atoms with E-state index in [-0.39, 0.29) is 0 Å². The fraction of sp³-hybridized carbons (Fsp3) is 0.462. The Balaban J connectivity index is 2.07. The summed E-state index contributed by atoms with van der Waals surface area (Å²) in [4.78, 5) is 3.32. The molecule has 0 bridgehead atoms. The van der Waals surface area contributed by atoms with Crippen molar-refractivity contribution >= 4 is 45.8 Å². The van der Waals surface area contributed by atoms with E-state index in [2.05, 4.69) is 57.3 Å². The number of aromatic nitrogens is 2. The average molecular weight is 358 g/mol. The number of halogens is 1. The quantitative estimate of drug-likeness (QED) is 0.625. The molecule has 1 fully saturated rings. The fourth-order valence-electron chi connectivity index (χ4n) is 2.48. The van der Waals surface area contributed by atoms with Gasteiger partial charge in [-0.15, -0.1) is 0 Å². The SMILES string of the molecule is CC(CC1CC1)n1c(=S)[nH]c2cc(I)ccc21. The van der Waals surface area contributed by atoms with Crippen molar-refractivity contribution in [1.29, 1.82) is 0 Å². The van der Waals surface area contributed by atoms with E-state index in [0.29, 0.717) is 6.04 Å². The molecule has 90 valence electrons. The topological polar surface area (TPSA) is 20.7 Å². The van der Waals surface area contributed by atoms with Gasteiger partial charge in [0.15, 0.2) is 4.77 Å². The standard InChI is InChI=1S/C13H15IN2S/c1-8(6-9-2-3-9)16-12-5-4-10(14)7-11(12)15-13(16)17/h4-5,7-9H,2-3,6H2,1H3,(H,15,17). The highest BCUT2D eigenvalue weighted by Gasteiger charge is 2.25. The van der Waals surface area contributed by atoms with Crippen LogP contribution in [0, 0.1) is 14.3 Å². The van der Waals surface area contributed by atoms with E-state index in [1.165, 1.54) is 28.3 Å². The molecule has 1 aromatic heterocycles. The molecule has 1 atom stereocenters. The molecule has 1 unspecified atom stereocenters. The highest BCUT2D eigenvalue weighted by molar-refractivity contribution is 14.1. The van der Waals surface area contributed by atoms with E-state index in [1.54, 1.807) is 0 Å². The van der Waals surface area contributed by atoms with Crippen molar-refractivity contribution in [3.05, 3.63) is 26.5 Å². The summed E-state index contributed by atoms with van der Waals surface area (Å²) < 4.78 is 4.38. The Morgan fingerprint density at radius 2 is 2.29 bits per heavy atom. The maximum atomic E-state index is 5.45. The number of hydrogen-bond donors (Lipinski definition) is 1.